The van der Waals surface area contributed by atoms with E-state index in [0.717, 1.165) is 37.6 Å². The molecule has 0 aliphatic carbocycles. The van der Waals surface area contributed by atoms with Crippen LogP contribution in [0.15, 0.2) is 18.2 Å². The summed E-state index contributed by atoms with van der Waals surface area (Å²) in [6, 6.07) is 6.06. The minimum absolute atomic E-state index is 0.854. The van der Waals surface area contributed by atoms with Crippen molar-refractivity contribution in [2.75, 3.05) is 19.6 Å². The molecular formula is C13H21ClN2. The molecule has 0 fully saturated rings. The topological polar surface area (TPSA) is 24.1 Å². The maximum Gasteiger partial charge on any atom is 0.0438 e. The van der Waals surface area contributed by atoms with Gasteiger partial charge >= 0.3 is 0 Å². The average Bonchev–Trinajstić information content (AvgIpc) is 2.29. The third-order valence-corrected chi connectivity index (χ3v) is 3.06. The van der Waals surface area contributed by atoms with Crippen molar-refractivity contribution in [3.05, 3.63) is 34.3 Å². The van der Waals surface area contributed by atoms with E-state index in [1.807, 2.05) is 12.1 Å². The number of hydrogen-bond donors (Lipinski definition) is 2. The van der Waals surface area contributed by atoms with Crippen LogP contribution in [0.2, 0.25) is 5.02 Å². The van der Waals surface area contributed by atoms with Crippen LogP contribution in [0.4, 0.5) is 0 Å². The van der Waals surface area contributed by atoms with E-state index in [1.54, 1.807) is 0 Å². The highest BCUT2D eigenvalue weighted by Crippen LogP contribution is 2.18. The molecule has 0 saturated heterocycles. The van der Waals surface area contributed by atoms with Gasteiger partial charge in [0.1, 0.15) is 0 Å². The molecule has 0 atom stereocenters. The number of rotatable bonds is 7. The van der Waals surface area contributed by atoms with Gasteiger partial charge in [-0.15, -0.1) is 0 Å². The molecule has 0 unspecified atom stereocenters. The van der Waals surface area contributed by atoms with Gasteiger partial charge in [0.2, 0.25) is 0 Å². The van der Waals surface area contributed by atoms with Crippen molar-refractivity contribution >= 4 is 11.6 Å². The minimum atomic E-state index is 0.854. The Labute approximate surface area is 103 Å². The smallest absolute Gasteiger partial charge is 0.0438 e. The van der Waals surface area contributed by atoms with Crippen molar-refractivity contribution in [1.29, 1.82) is 0 Å². The molecule has 0 radical (unpaired) electrons. The molecule has 2 N–H and O–H groups in total. The van der Waals surface area contributed by atoms with Crippen molar-refractivity contribution in [1.82, 2.24) is 10.6 Å². The zero-order chi connectivity index (χ0) is 11.8. The second kappa shape index (κ2) is 7.66. The third-order valence-electron chi connectivity index (χ3n) is 2.65. The Balaban J connectivity index is 2.24. The molecule has 0 heterocycles. The van der Waals surface area contributed by atoms with E-state index in [4.69, 9.17) is 11.6 Å². The summed E-state index contributed by atoms with van der Waals surface area (Å²) in [6.45, 7) is 8.27. The lowest BCUT2D eigenvalue weighted by Crippen LogP contribution is -2.21. The molecule has 90 valence electrons. The van der Waals surface area contributed by atoms with Gasteiger partial charge in [0.15, 0.2) is 0 Å². The van der Waals surface area contributed by atoms with E-state index in [0.29, 0.717) is 0 Å². The first kappa shape index (κ1) is 13.5. The number of halogens is 1. The van der Waals surface area contributed by atoms with Gasteiger partial charge in [0, 0.05) is 11.6 Å². The first-order valence-corrected chi connectivity index (χ1v) is 6.29. The lowest BCUT2D eigenvalue weighted by atomic mass is 10.1. The summed E-state index contributed by atoms with van der Waals surface area (Å²) in [5.74, 6) is 0. The lowest BCUT2D eigenvalue weighted by Gasteiger charge is -2.09. The molecule has 0 saturated carbocycles. The van der Waals surface area contributed by atoms with Crippen molar-refractivity contribution in [2.24, 2.45) is 0 Å². The highest BCUT2D eigenvalue weighted by molar-refractivity contribution is 6.31. The van der Waals surface area contributed by atoms with Crippen LogP contribution >= 0.6 is 11.6 Å². The summed E-state index contributed by atoms with van der Waals surface area (Å²) >= 11 is 6.06. The van der Waals surface area contributed by atoms with Crippen molar-refractivity contribution in [2.45, 2.75) is 26.8 Å². The molecule has 0 amide bonds. The fourth-order valence-corrected chi connectivity index (χ4v) is 1.78. The average molecular weight is 241 g/mol. The van der Waals surface area contributed by atoms with Gasteiger partial charge in [-0.05, 0) is 50.2 Å². The zero-order valence-electron chi connectivity index (χ0n) is 10.1. The fourth-order valence-electron chi connectivity index (χ4n) is 1.58. The van der Waals surface area contributed by atoms with Gasteiger partial charge < -0.3 is 10.6 Å². The molecule has 0 aliphatic rings. The molecule has 1 rings (SSSR count). The Morgan fingerprint density at radius 2 is 1.94 bits per heavy atom. The first-order chi connectivity index (χ1) is 7.75. The number of nitrogens with one attached hydrogen (secondary N) is 2. The van der Waals surface area contributed by atoms with E-state index in [1.165, 1.54) is 11.1 Å². The quantitative estimate of drug-likeness (QED) is 0.717. The van der Waals surface area contributed by atoms with Gasteiger partial charge in [-0.1, -0.05) is 30.7 Å². The SMILES string of the molecule is CCNCCCNCc1cccc(Cl)c1C. The molecule has 0 aromatic heterocycles. The zero-order valence-corrected chi connectivity index (χ0v) is 10.9. The van der Waals surface area contributed by atoms with Crippen LogP contribution in [0.1, 0.15) is 24.5 Å². The second-order valence-electron chi connectivity index (χ2n) is 3.91. The molecule has 0 spiro atoms. The standard InChI is InChI=1S/C13H21ClN2/c1-3-15-8-5-9-16-10-12-6-4-7-13(14)11(12)2/h4,6-7,15-16H,3,5,8-10H2,1-2H3. The maximum atomic E-state index is 6.06. The molecular weight excluding hydrogens is 220 g/mol. The normalized spacial score (nSPS) is 10.7. The predicted octanol–water partition coefficient (Wildman–Crippen LogP) is 2.74. The lowest BCUT2D eigenvalue weighted by molar-refractivity contribution is 0.605. The van der Waals surface area contributed by atoms with Crippen molar-refractivity contribution in [3.8, 4) is 0 Å². The van der Waals surface area contributed by atoms with Gasteiger partial charge in [-0.3, -0.25) is 0 Å². The van der Waals surface area contributed by atoms with E-state index >= 15 is 0 Å². The second-order valence-corrected chi connectivity index (χ2v) is 4.32. The van der Waals surface area contributed by atoms with Crippen LogP contribution in [-0.2, 0) is 6.54 Å². The van der Waals surface area contributed by atoms with E-state index in [9.17, 15) is 0 Å². The molecule has 0 aliphatic heterocycles. The predicted molar refractivity (Wildman–Crippen MR) is 71.1 cm³/mol. The van der Waals surface area contributed by atoms with Crippen LogP contribution < -0.4 is 10.6 Å². The van der Waals surface area contributed by atoms with Gasteiger partial charge in [0.05, 0.1) is 0 Å². The molecule has 16 heavy (non-hydrogen) atoms. The third kappa shape index (κ3) is 4.52. The van der Waals surface area contributed by atoms with Crippen LogP contribution in [0.25, 0.3) is 0 Å². The van der Waals surface area contributed by atoms with Crippen LogP contribution in [0, 0.1) is 6.92 Å². The summed E-state index contributed by atoms with van der Waals surface area (Å²) < 4.78 is 0. The minimum Gasteiger partial charge on any atom is -0.317 e. The van der Waals surface area contributed by atoms with E-state index in [2.05, 4.69) is 30.5 Å². The summed E-state index contributed by atoms with van der Waals surface area (Å²) in [5.41, 5.74) is 2.47. The van der Waals surface area contributed by atoms with Crippen LogP contribution in [0.5, 0.6) is 0 Å². The van der Waals surface area contributed by atoms with Gasteiger partial charge in [0.25, 0.3) is 0 Å². The Bertz CT molecular complexity index is 313. The maximum absolute atomic E-state index is 6.06. The Hall–Kier alpha value is -0.570. The Morgan fingerprint density at radius 3 is 2.69 bits per heavy atom. The first-order valence-electron chi connectivity index (χ1n) is 5.91. The highest BCUT2D eigenvalue weighted by atomic mass is 35.5. The Kier molecular flexibility index (Phi) is 6.46. The number of benzene rings is 1. The summed E-state index contributed by atoms with van der Waals surface area (Å²) in [4.78, 5) is 0. The van der Waals surface area contributed by atoms with E-state index in [-0.39, 0.29) is 0 Å². The molecule has 1 aromatic rings. The van der Waals surface area contributed by atoms with Crippen molar-refractivity contribution in [3.63, 3.8) is 0 Å². The van der Waals surface area contributed by atoms with Gasteiger partial charge in [-0.25, -0.2) is 0 Å². The fraction of sp³-hybridized carbons (Fsp3) is 0.538. The van der Waals surface area contributed by atoms with Crippen LogP contribution in [-0.4, -0.2) is 19.6 Å². The number of hydrogen-bond acceptors (Lipinski definition) is 2. The summed E-state index contributed by atoms with van der Waals surface area (Å²) in [7, 11) is 0. The molecule has 1 aromatic carbocycles. The van der Waals surface area contributed by atoms with Crippen LogP contribution in [0.3, 0.4) is 0 Å². The highest BCUT2D eigenvalue weighted by Gasteiger charge is 2.00. The monoisotopic (exact) mass is 240 g/mol. The van der Waals surface area contributed by atoms with Gasteiger partial charge in [-0.2, -0.15) is 0 Å². The molecule has 3 heteroatoms. The van der Waals surface area contributed by atoms with Crippen molar-refractivity contribution < 1.29 is 0 Å². The summed E-state index contributed by atoms with van der Waals surface area (Å²) in [5, 5.41) is 7.59. The summed E-state index contributed by atoms with van der Waals surface area (Å²) in [6.07, 6.45) is 1.16. The van der Waals surface area contributed by atoms with E-state index < -0.39 is 0 Å². The Morgan fingerprint density at radius 1 is 1.19 bits per heavy atom. The largest absolute Gasteiger partial charge is 0.317 e. The molecule has 0 bridgehead atoms. The molecule has 2 nitrogen and oxygen atoms in total.